The van der Waals surface area contributed by atoms with Crippen LogP contribution in [0.15, 0.2) is 30.3 Å². The molecule has 1 saturated heterocycles. The molecule has 5 heteroatoms. The molecule has 21 heavy (non-hydrogen) atoms. The molecule has 0 spiro atoms. The largest absolute Gasteiger partial charge is 0.369 e. The topological polar surface area (TPSA) is 63.4 Å². The van der Waals surface area contributed by atoms with E-state index in [1.165, 1.54) is 6.08 Å². The molecule has 1 aromatic rings. The lowest BCUT2D eigenvalue weighted by molar-refractivity contribution is -0.133. The Balaban J connectivity index is 2.06. The van der Waals surface area contributed by atoms with Crippen molar-refractivity contribution in [1.29, 1.82) is 0 Å². The van der Waals surface area contributed by atoms with Gasteiger partial charge in [-0.1, -0.05) is 23.7 Å². The molecule has 1 aliphatic heterocycles. The second-order valence-electron chi connectivity index (χ2n) is 5.40. The fourth-order valence-corrected chi connectivity index (χ4v) is 2.72. The maximum Gasteiger partial charge on any atom is 0.246 e. The highest BCUT2D eigenvalue weighted by Crippen LogP contribution is 2.22. The van der Waals surface area contributed by atoms with Gasteiger partial charge in [0, 0.05) is 23.7 Å². The van der Waals surface area contributed by atoms with Gasteiger partial charge in [-0.3, -0.25) is 9.59 Å². The molecule has 1 aromatic carbocycles. The first-order valence-electron chi connectivity index (χ1n) is 7.01. The number of likely N-dealkylation sites (tertiary alicyclic amines) is 1. The summed E-state index contributed by atoms with van der Waals surface area (Å²) in [6.07, 6.45) is 4.79. The number of piperidine rings is 1. The molecule has 0 bridgehead atoms. The molecule has 2 atom stereocenters. The average molecular weight is 307 g/mol. The first-order chi connectivity index (χ1) is 9.97. The van der Waals surface area contributed by atoms with Crippen LogP contribution < -0.4 is 5.73 Å². The molecule has 1 fully saturated rings. The number of primary amides is 1. The zero-order valence-electron chi connectivity index (χ0n) is 12.0. The molecule has 0 saturated carbocycles. The predicted octanol–water partition coefficient (Wildman–Crippen LogP) is 2.47. The van der Waals surface area contributed by atoms with Gasteiger partial charge in [-0.15, -0.1) is 0 Å². The molecule has 112 valence electrons. The molecule has 4 nitrogen and oxygen atoms in total. The number of carbonyl (C=O) groups is 2. The van der Waals surface area contributed by atoms with Crippen molar-refractivity contribution in [2.75, 3.05) is 6.54 Å². The molecule has 2 amide bonds. The summed E-state index contributed by atoms with van der Waals surface area (Å²) in [6, 6.07) is 7.40. The fourth-order valence-electron chi connectivity index (χ4n) is 2.52. The standard InChI is InChI=1S/C16H19ClN2O2/c1-11-5-7-13(16(18)21)10-19(11)15(20)8-6-12-3-2-4-14(17)9-12/h2-4,6,8-9,11,13H,5,7,10H2,1H3,(H2,18,21)/b8-6+/t11-,13+/m1/s1. The second-order valence-corrected chi connectivity index (χ2v) is 5.84. The van der Waals surface area contributed by atoms with Gasteiger partial charge in [0.05, 0.1) is 5.92 Å². The third-order valence-corrected chi connectivity index (χ3v) is 4.07. The van der Waals surface area contributed by atoms with Crippen LogP contribution in [0.5, 0.6) is 0 Å². The SMILES string of the molecule is C[C@@H]1CC[C@H](C(N)=O)CN1C(=O)/C=C/c1cccc(Cl)c1. The van der Waals surface area contributed by atoms with Gasteiger partial charge in [-0.25, -0.2) is 0 Å². The summed E-state index contributed by atoms with van der Waals surface area (Å²) < 4.78 is 0. The first-order valence-corrected chi connectivity index (χ1v) is 7.38. The van der Waals surface area contributed by atoms with Crippen LogP contribution in [0.1, 0.15) is 25.3 Å². The predicted molar refractivity (Wildman–Crippen MR) is 83.6 cm³/mol. The molecular formula is C16H19ClN2O2. The summed E-state index contributed by atoms with van der Waals surface area (Å²) in [5.74, 6) is -0.684. The Labute approximate surface area is 129 Å². The van der Waals surface area contributed by atoms with Crippen LogP contribution in [-0.2, 0) is 9.59 Å². The Morgan fingerprint density at radius 3 is 2.81 bits per heavy atom. The molecule has 0 aromatic heterocycles. The molecule has 0 aliphatic carbocycles. The number of hydrogen-bond acceptors (Lipinski definition) is 2. The van der Waals surface area contributed by atoms with Gasteiger partial charge in [0.15, 0.2) is 0 Å². The zero-order chi connectivity index (χ0) is 15.4. The highest BCUT2D eigenvalue weighted by atomic mass is 35.5. The number of halogens is 1. The van der Waals surface area contributed by atoms with E-state index in [2.05, 4.69) is 0 Å². The van der Waals surface area contributed by atoms with E-state index in [9.17, 15) is 9.59 Å². The summed E-state index contributed by atoms with van der Waals surface area (Å²) in [6.45, 7) is 2.39. The minimum Gasteiger partial charge on any atom is -0.369 e. The van der Waals surface area contributed by atoms with Gasteiger partial charge in [-0.2, -0.15) is 0 Å². The number of nitrogens with zero attached hydrogens (tertiary/aromatic N) is 1. The van der Waals surface area contributed by atoms with Crippen LogP contribution >= 0.6 is 11.6 Å². The lowest BCUT2D eigenvalue weighted by Crippen LogP contribution is -2.48. The number of nitrogens with two attached hydrogens (primary N) is 1. The monoisotopic (exact) mass is 306 g/mol. The number of hydrogen-bond donors (Lipinski definition) is 1. The summed E-state index contributed by atoms with van der Waals surface area (Å²) >= 11 is 5.91. The van der Waals surface area contributed by atoms with Gasteiger partial charge in [-0.05, 0) is 43.5 Å². The van der Waals surface area contributed by atoms with Crippen LogP contribution in [0.4, 0.5) is 0 Å². The van der Waals surface area contributed by atoms with Crippen molar-refractivity contribution in [1.82, 2.24) is 4.90 Å². The Kier molecular flexibility index (Phi) is 5.02. The number of carbonyl (C=O) groups excluding carboxylic acids is 2. The first kappa shape index (κ1) is 15.6. The number of amides is 2. The third-order valence-electron chi connectivity index (χ3n) is 3.83. The average Bonchev–Trinajstić information content (AvgIpc) is 2.45. The van der Waals surface area contributed by atoms with E-state index in [4.69, 9.17) is 17.3 Å². The van der Waals surface area contributed by atoms with E-state index in [0.29, 0.717) is 11.6 Å². The van der Waals surface area contributed by atoms with E-state index in [0.717, 1.165) is 18.4 Å². The summed E-state index contributed by atoms with van der Waals surface area (Å²) in [4.78, 5) is 25.3. The maximum absolute atomic E-state index is 12.3. The van der Waals surface area contributed by atoms with Crippen LogP contribution in [0.25, 0.3) is 6.08 Å². The molecule has 0 radical (unpaired) electrons. The minimum absolute atomic E-state index is 0.103. The van der Waals surface area contributed by atoms with Gasteiger partial charge in [0.25, 0.3) is 0 Å². The van der Waals surface area contributed by atoms with E-state index in [-0.39, 0.29) is 23.8 Å². The molecule has 2 rings (SSSR count). The molecular weight excluding hydrogens is 288 g/mol. The van der Waals surface area contributed by atoms with Crippen LogP contribution in [0, 0.1) is 5.92 Å². The zero-order valence-corrected chi connectivity index (χ0v) is 12.7. The van der Waals surface area contributed by atoms with Crippen molar-refractivity contribution in [2.24, 2.45) is 11.7 Å². The van der Waals surface area contributed by atoms with Crippen molar-refractivity contribution in [2.45, 2.75) is 25.8 Å². The fraction of sp³-hybridized carbons (Fsp3) is 0.375. The summed E-state index contributed by atoms with van der Waals surface area (Å²) in [5, 5.41) is 0.629. The van der Waals surface area contributed by atoms with Gasteiger partial charge in [0.2, 0.25) is 11.8 Å². The van der Waals surface area contributed by atoms with Gasteiger partial charge in [0.1, 0.15) is 0 Å². The van der Waals surface area contributed by atoms with Crippen molar-refractivity contribution in [3.63, 3.8) is 0 Å². The minimum atomic E-state index is -0.335. The maximum atomic E-state index is 12.3. The van der Waals surface area contributed by atoms with E-state index in [1.807, 2.05) is 19.1 Å². The Morgan fingerprint density at radius 1 is 1.38 bits per heavy atom. The number of benzene rings is 1. The van der Waals surface area contributed by atoms with E-state index >= 15 is 0 Å². The molecule has 1 aliphatic rings. The summed E-state index contributed by atoms with van der Waals surface area (Å²) in [7, 11) is 0. The Morgan fingerprint density at radius 2 is 2.14 bits per heavy atom. The highest BCUT2D eigenvalue weighted by Gasteiger charge is 2.30. The van der Waals surface area contributed by atoms with Crippen molar-refractivity contribution < 1.29 is 9.59 Å². The normalized spacial score (nSPS) is 22.5. The lowest BCUT2D eigenvalue weighted by atomic mass is 9.93. The van der Waals surface area contributed by atoms with Crippen LogP contribution in [-0.4, -0.2) is 29.3 Å². The van der Waals surface area contributed by atoms with Gasteiger partial charge < -0.3 is 10.6 Å². The van der Waals surface area contributed by atoms with Crippen molar-refractivity contribution in [3.05, 3.63) is 40.9 Å². The second kappa shape index (κ2) is 6.76. The van der Waals surface area contributed by atoms with E-state index < -0.39 is 0 Å². The van der Waals surface area contributed by atoms with Gasteiger partial charge >= 0.3 is 0 Å². The summed E-state index contributed by atoms with van der Waals surface area (Å²) in [5.41, 5.74) is 6.21. The molecule has 2 N–H and O–H groups in total. The van der Waals surface area contributed by atoms with Crippen LogP contribution in [0.3, 0.4) is 0 Å². The molecule has 1 heterocycles. The Bertz CT molecular complexity index is 571. The highest BCUT2D eigenvalue weighted by molar-refractivity contribution is 6.30. The van der Waals surface area contributed by atoms with Crippen molar-refractivity contribution in [3.8, 4) is 0 Å². The van der Waals surface area contributed by atoms with Crippen molar-refractivity contribution >= 4 is 29.5 Å². The number of rotatable bonds is 3. The third kappa shape index (κ3) is 4.08. The van der Waals surface area contributed by atoms with Crippen LogP contribution in [0.2, 0.25) is 5.02 Å². The smallest absolute Gasteiger partial charge is 0.246 e. The Hall–Kier alpha value is -1.81. The quantitative estimate of drug-likeness (QED) is 0.872. The van der Waals surface area contributed by atoms with E-state index in [1.54, 1.807) is 23.1 Å². The lowest BCUT2D eigenvalue weighted by Gasteiger charge is -2.36. The molecule has 0 unspecified atom stereocenters.